The van der Waals surface area contributed by atoms with Crippen LogP contribution in [0.1, 0.15) is 30.2 Å². The van der Waals surface area contributed by atoms with Gasteiger partial charge in [0.2, 0.25) is 17.6 Å². The number of pyridine rings is 2. The van der Waals surface area contributed by atoms with Crippen molar-refractivity contribution in [2.24, 2.45) is 0 Å². The van der Waals surface area contributed by atoms with E-state index in [4.69, 9.17) is 4.52 Å². The van der Waals surface area contributed by atoms with Crippen molar-refractivity contribution in [3.63, 3.8) is 0 Å². The zero-order chi connectivity index (χ0) is 17.8. The van der Waals surface area contributed by atoms with Crippen molar-refractivity contribution in [2.75, 3.05) is 5.75 Å². The summed E-state index contributed by atoms with van der Waals surface area (Å²) in [5, 5.41) is 7.66. The van der Waals surface area contributed by atoms with Crippen molar-refractivity contribution < 1.29 is 9.32 Å². The van der Waals surface area contributed by atoms with E-state index in [1.165, 1.54) is 11.8 Å². The van der Waals surface area contributed by atoms with Crippen LogP contribution < -0.4 is 5.32 Å². The molecule has 1 aliphatic rings. The van der Waals surface area contributed by atoms with Crippen molar-refractivity contribution >= 4 is 17.7 Å². The summed E-state index contributed by atoms with van der Waals surface area (Å²) in [6.07, 6.45) is 7.34. The minimum atomic E-state index is -0.0674. The molecule has 3 aromatic heterocycles. The van der Waals surface area contributed by atoms with Crippen LogP contribution in [0.25, 0.3) is 11.4 Å². The van der Waals surface area contributed by atoms with Crippen LogP contribution in [0.3, 0.4) is 0 Å². The van der Waals surface area contributed by atoms with E-state index < -0.39 is 0 Å². The maximum atomic E-state index is 12.1. The van der Waals surface area contributed by atoms with Gasteiger partial charge in [0.1, 0.15) is 5.03 Å². The standard InChI is InChI=1S/C18H17N5O2S/c24-15(21-10-12-3-1-7-19-9-12)11-26-18-14(4-2-8-20-18)16-22-17(25-23-16)13-5-6-13/h1-4,7-9,13H,5-6,10-11H2,(H,21,24). The molecule has 3 heterocycles. The molecule has 0 aliphatic heterocycles. The third-order valence-electron chi connectivity index (χ3n) is 3.93. The number of aromatic nitrogens is 4. The Kier molecular flexibility index (Phi) is 4.92. The Labute approximate surface area is 154 Å². The molecule has 0 bridgehead atoms. The van der Waals surface area contributed by atoms with Crippen molar-refractivity contribution in [1.82, 2.24) is 25.4 Å². The molecule has 1 aliphatic carbocycles. The SMILES string of the molecule is O=C(CSc1ncccc1-c1noc(C2CC2)n1)NCc1cccnc1. The zero-order valence-corrected chi connectivity index (χ0v) is 14.8. The Hall–Kier alpha value is -2.74. The fourth-order valence-corrected chi connectivity index (χ4v) is 3.23. The van der Waals surface area contributed by atoms with Gasteiger partial charge in [0.25, 0.3) is 0 Å². The van der Waals surface area contributed by atoms with E-state index in [0.29, 0.717) is 29.2 Å². The number of thioether (sulfide) groups is 1. The number of nitrogens with zero attached hydrogens (tertiary/aromatic N) is 4. The third kappa shape index (κ3) is 4.08. The molecule has 0 radical (unpaired) electrons. The molecular weight excluding hydrogens is 350 g/mol. The maximum Gasteiger partial charge on any atom is 0.230 e. The predicted molar refractivity (Wildman–Crippen MR) is 96.3 cm³/mol. The van der Waals surface area contributed by atoms with Crippen LogP contribution in [-0.4, -0.2) is 31.8 Å². The number of hydrogen-bond acceptors (Lipinski definition) is 7. The number of hydrogen-bond donors (Lipinski definition) is 1. The van der Waals surface area contributed by atoms with Crippen molar-refractivity contribution in [3.05, 3.63) is 54.3 Å². The molecule has 0 atom stereocenters. The Balaban J connectivity index is 1.37. The lowest BCUT2D eigenvalue weighted by atomic mass is 10.3. The van der Waals surface area contributed by atoms with Crippen LogP contribution in [-0.2, 0) is 11.3 Å². The van der Waals surface area contributed by atoms with Gasteiger partial charge in [-0.2, -0.15) is 4.98 Å². The topological polar surface area (TPSA) is 93.8 Å². The average molecular weight is 367 g/mol. The van der Waals surface area contributed by atoms with Gasteiger partial charge in [0.05, 0.1) is 11.3 Å². The first kappa shape index (κ1) is 16.7. The van der Waals surface area contributed by atoms with Crippen molar-refractivity contribution in [3.8, 4) is 11.4 Å². The van der Waals surface area contributed by atoms with Gasteiger partial charge in [-0.05, 0) is 36.6 Å². The van der Waals surface area contributed by atoms with Crippen LogP contribution in [0, 0.1) is 0 Å². The predicted octanol–water partition coefficient (Wildman–Crippen LogP) is 2.81. The van der Waals surface area contributed by atoms with E-state index >= 15 is 0 Å². The highest BCUT2D eigenvalue weighted by Gasteiger charge is 2.30. The zero-order valence-electron chi connectivity index (χ0n) is 14.0. The van der Waals surface area contributed by atoms with E-state index in [1.54, 1.807) is 18.6 Å². The minimum Gasteiger partial charge on any atom is -0.351 e. The fourth-order valence-electron chi connectivity index (χ4n) is 2.41. The normalized spacial score (nSPS) is 13.5. The van der Waals surface area contributed by atoms with Gasteiger partial charge in [0.15, 0.2) is 0 Å². The van der Waals surface area contributed by atoms with Crippen molar-refractivity contribution in [2.45, 2.75) is 30.3 Å². The van der Waals surface area contributed by atoms with Gasteiger partial charge in [0, 0.05) is 31.1 Å². The Morgan fingerprint density at radius 2 is 2.15 bits per heavy atom. The lowest BCUT2D eigenvalue weighted by Gasteiger charge is -2.06. The number of nitrogens with one attached hydrogen (secondary N) is 1. The second-order valence-corrected chi connectivity index (χ2v) is 6.98. The molecule has 1 N–H and O–H groups in total. The summed E-state index contributed by atoms with van der Waals surface area (Å²) in [6.45, 7) is 0.456. The minimum absolute atomic E-state index is 0.0674. The summed E-state index contributed by atoms with van der Waals surface area (Å²) in [5.74, 6) is 1.81. The molecular formula is C18H17N5O2S. The van der Waals surface area contributed by atoms with E-state index in [-0.39, 0.29) is 11.7 Å². The van der Waals surface area contributed by atoms with Crippen LogP contribution >= 0.6 is 11.8 Å². The van der Waals surface area contributed by atoms with E-state index in [2.05, 4.69) is 25.4 Å². The lowest BCUT2D eigenvalue weighted by molar-refractivity contribution is -0.118. The second-order valence-electron chi connectivity index (χ2n) is 6.01. The Morgan fingerprint density at radius 3 is 2.96 bits per heavy atom. The molecule has 0 aromatic carbocycles. The van der Waals surface area contributed by atoms with Crippen LogP contribution in [0.2, 0.25) is 0 Å². The highest BCUT2D eigenvalue weighted by Crippen LogP contribution is 2.40. The quantitative estimate of drug-likeness (QED) is 0.642. The number of carbonyl (C=O) groups excluding carboxylic acids is 1. The number of amides is 1. The average Bonchev–Trinajstić information content (AvgIpc) is 3.43. The van der Waals surface area contributed by atoms with Gasteiger partial charge >= 0.3 is 0 Å². The summed E-state index contributed by atoms with van der Waals surface area (Å²) < 4.78 is 5.33. The summed E-state index contributed by atoms with van der Waals surface area (Å²) in [5.41, 5.74) is 1.75. The summed E-state index contributed by atoms with van der Waals surface area (Å²) in [6, 6.07) is 7.49. The molecule has 0 spiro atoms. The monoisotopic (exact) mass is 367 g/mol. The van der Waals surface area contributed by atoms with E-state index in [0.717, 1.165) is 24.0 Å². The first-order chi connectivity index (χ1) is 12.8. The molecule has 7 nitrogen and oxygen atoms in total. The summed E-state index contributed by atoms with van der Waals surface area (Å²) in [7, 11) is 0. The summed E-state index contributed by atoms with van der Waals surface area (Å²) in [4.78, 5) is 25.0. The third-order valence-corrected chi connectivity index (χ3v) is 4.94. The molecule has 1 amide bonds. The molecule has 132 valence electrons. The van der Waals surface area contributed by atoms with Crippen LogP contribution in [0.5, 0.6) is 0 Å². The van der Waals surface area contributed by atoms with Gasteiger partial charge in [-0.15, -0.1) is 0 Å². The maximum absolute atomic E-state index is 12.1. The smallest absolute Gasteiger partial charge is 0.230 e. The van der Waals surface area contributed by atoms with Crippen LogP contribution in [0.15, 0.2) is 52.4 Å². The molecule has 0 unspecified atom stereocenters. The molecule has 26 heavy (non-hydrogen) atoms. The molecule has 1 fully saturated rings. The lowest BCUT2D eigenvalue weighted by Crippen LogP contribution is -2.24. The highest BCUT2D eigenvalue weighted by atomic mass is 32.2. The van der Waals surface area contributed by atoms with Gasteiger partial charge in [-0.3, -0.25) is 9.78 Å². The number of carbonyl (C=O) groups is 1. The first-order valence-corrected chi connectivity index (χ1v) is 9.35. The van der Waals surface area contributed by atoms with E-state index in [1.807, 2.05) is 24.3 Å². The molecule has 8 heteroatoms. The van der Waals surface area contributed by atoms with Gasteiger partial charge in [-0.25, -0.2) is 4.98 Å². The van der Waals surface area contributed by atoms with Crippen LogP contribution in [0.4, 0.5) is 0 Å². The van der Waals surface area contributed by atoms with Crippen molar-refractivity contribution in [1.29, 1.82) is 0 Å². The Bertz CT molecular complexity index is 895. The van der Waals surface area contributed by atoms with Gasteiger partial charge < -0.3 is 9.84 Å². The van der Waals surface area contributed by atoms with Gasteiger partial charge in [-0.1, -0.05) is 23.0 Å². The molecule has 3 aromatic rings. The fraction of sp³-hybridized carbons (Fsp3) is 0.278. The molecule has 4 rings (SSSR count). The molecule has 1 saturated carbocycles. The second kappa shape index (κ2) is 7.65. The largest absolute Gasteiger partial charge is 0.351 e. The highest BCUT2D eigenvalue weighted by molar-refractivity contribution is 8.00. The molecule has 0 saturated heterocycles. The van der Waals surface area contributed by atoms with E-state index in [9.17, 15) is 4.79 Å². The Morgan fingerprint density at radius 1 is 1.27 bits per heavy atom. The first-order valence-electron chi connectivity index (χ1n) is 8.37. The number of rotatable bonds is 7. The summed E-state index contributed by atoms with van der Waals surface area (Å²) >= 11 is 1.36.